The normalized spacial score (nSPS) is 14.9. The van der Waals surface area contributed by atoms with Crippen molar-refractivity contribution in [3.05, 3.63) is 52.5 Å². The van der Waals surface area contributed by atoms with Crippen molar-refractivity contribution in [2.24, 2.45) is 0 Å². The molecule has 0 aliphatic carbocycles. The molecule has 2 aromatic carbocycles. The number of aromatic nitrogens is 1. The number of halogens is 1. The van der Waals surface area contributed by atoms with Gasteiger partial charge in [-0.3, -0.25) is 4.79 Å². The Kier molecular flexibility index (Phi) is 5.92. The van der Waals surface area contributed by atoms with Crippen LogP contribution in [0, 0.1) is 6.92 Å². The molecule has 4 rings (SSSR count). The highest BCUT2D eigenvalue weighted by Gasteiger charge is 2.25. The number of piperidine rings is 1. The van der Waals surface area contributed by atoms with Gasteiger partial charge in [0.25, 0.3) is 5.19 Å². The number of ether oxygens (including phenoxy) is 2. The monoisotopic (exact) mass is 430 g/mol. The summed E-state index contributed by atoms with van der Waals surface area (Å²) in [5.41, 5.74) is 2.84. The van der Waals surface area contributed by atoms with E-state index >= 15 is 0 Å². The zero-order valence-corrected chi connectivity index (χ0v) is 18.1. The van der Waals surface area contributed by atoms with Crippen LogP contribution in [0.25, 0.3) is 10.2 Å². The molecule has 1 saturated heterocycles. The maximum atomic E-state index is 12.7. The van der Waals surface area contributed by atoms with Crippen LogP contribution < -0.4 is 9.47 Å². The van der Waals surface area contributed by atoms with Crippen molar-refractivity contribution in [1.82, 2.24) is 9.88 Å². The van der Waals surface area contributed by atoms with Crippen LogP contribution in [0.15, 0.2) is 36.4 Å². The average Bonchev–Trinajstić information content (AvgIpc) is 3.12. The van der Waals surface area contributed by atoms with Gasteiger partial charge in [0.2, 0.25) is 5.91 Å². The molecule has 0 N–H and O–H groups in total. The molecule has 0 atom stereocenters. The minimum absolute atomic E-state index is 0.0709. The second kappa shape index (κ2) is 8.59. The third kappa shape index (κ3) is 4.49. The van der Waals surface area contributed by atoms with Crippen LogP contribution in [-0.4, -0.2) is 42.1 Å². The van der Waals surface area contributed by atoms with E-state index in [0.717, 1.165) is 39.9 Å². The Hall–Kier alpha value is -2.31. The van der Waals surface area contributed by atoms with Crippen LogP contribution in [0.3, 0.4) is 0 Å². The Morgan fingerprint density at radius 1 is 1.28 bits per heavy atom. The van der Waals surface area contributed by atoms with Gasteiger partial charge < -0.3 is 14.4 Å². The quantitative estimate of drug-likeness (QED) is 0.579. The molecule has 152 valence electrons. The number of thiazole rings is 1. The minimum Gasteiger partial charge on any atom is -0.496 e. The molecule has 0 radical (unpaired) electrons. The topological polar surface area (TPSA) is 51.7 Å². The number of aryl methyl sites for hydroxylation is 1. The number of fused-ring (bicyclic) bond motifs is 1. The van der Waals surface area contributed by atoms with Gasteiger partial charge in [-0.2, -0.15) is 0 Å². The second-order valence-corrected chi connectivity index (χ2v) is 8.65. The van der Waals surface area contributed by atoms with E-state index in [9.17, 15) is 4.79 Å². The fraction of sp³-hybridized carbons (Fsp3) is 0.364. The van der Waals surface area contributed by atoms with E-state index in [-0.39, 0.29) is 12.0 Å². The summed E-state index contributed by atoms with van der Waals surface area (Å²) in [7, 11) is 1.66. The number of hydrogen-bond donors (Lipinski definition) is 0. The van der Waals surface area contributed by atoms with Crippen molar-refractivity contribution >= 4 is 39.1 Å². The van der Waals surface area contributed by atoms with Crippen molar-refractivity contribution in [2.75, 3.05) is 20.2 Å². The summed E-state index contributed by atoms with van der Waals surface area (Å²) in [5.74, 6) is 0.995. The number of rotatable bonds is 5. The molecule has 5 nitrogen and oxygen atoms in total. The molecular formula is C22H23ClN2O3S. The molecule has 0 saturated carbocycles. The molecule has 1 aromatic heterocycles. The van der Waals surface area contributed by atoms with E-state index in [2.05, 4.69) is 4.98 Å². The third-order valence-electron chi connectivity index (χ3n) is 5.23. The van der Waals surface area contributed by atoms with Crippen LogP contribution in [0.5, 0.6) is 10.9 Å². The lowest BCUT2D eigenvalue weighted by molar-refractivity contribution is -0.132. The number of carbonyl (C=O) groups is 1. The van der Waals surface area contributed by atoms with Crippen molar-refractivity contribution in [3.63, 3.8) is 0 Å². The fourth-order valence-corrected chi connectivity index (χ4v) is 4.83. The number of amides is 1. The van der Waals surface area contributed by atoms with Gasteiger partial charge in [0.05, 0.1) is 23.3 Å². The first kappa shape index (κ1) is 20.0. The summed E-state index contributed by atoms with van der Waals surface area (Å²) in [4.78, 5) is 19.1. The van der Waals surface area contributed by atoms with Gasteiger partial charge in [-0.15, -0.1) is 0 Å². The largest absolute Gasteiger partial charge is 0.496 e. The summed E-state index contributed by atoms with van der Waals surface area (Å²) in [6.45, 7) is 3.39. The van der Waals surface area contributed by atoms with Gasteiger partial charge in [0.1, 0.15) is 17.4 Å². The average molecular weight is 431 g/mol. The lowest BCUT2D eigenvalue weighted by atomic mass is 10.0. The smallest absolute Gasteiger partial charge is 0.274 e. The highest BCUT2D eigenvalue weighted by molar-refractivity contribution is 7.20. The molecule has 3 aromatic rings. The molecule has 1 aliphatic heterocycles. The van der Waals surface area contributed by atoms with Crippen molar-refractivity contribution in [3.8, 4) is 10.9 Å². The van der Waals surface area contributed by atoms with Crippen LogP contribution in [-0.2, 0) is 11.2 Å². The molecule has 29 heavy (non-hydrogen) atoms. The molecule has 1 fully saturated rings. The fourth-order valence-electron chi connectivity index (χ4n) is 3.65. The van der Waals surface area contributed by atoms with E-state index in [1.165, 1.54) is 11.3 Å². The van der Waals surface area contributed by atoms with E-state index in [1.54, 1.807) is 7.11 Å². The Labute approximate surface area is 179 Å². The number of nitrogens with zero attached hydrogens (tertiary/aromatic N) is 2. The van der Waals surface area contributed by atoms with Gasteiger partial charge in [-0.25, -0.2) is 4.98 Å². The van der Waals surface area contributed by atoms with Crippen LogP contribution >= 0.6 is 22.9 Å². The number of benzene rings is 2. The Morgan fingerprint density at radius 3 is 2.76 bits per heavy atom. The number of para-hydroxylation sites is 1. The Morgan fingerprint density at radius 2 is 2.07 bits per heavy atom. The maximum Gasteiger partial charge on any atom is 0.274 e. The summed E-state index contributed by atoms with van der Waals surface area (Å²) < 4.78 is 12.4. The van der Waals surface area contributed by atoms with Gasteiger partial charge in [-0.1, -0.05) is 41.1 Å². The minimum atomic E-state index is 0.0709. The van der Waals surface area contributed by atoms with E-state index in [1.807, 2.05) is 48.2 Å². The number of likely N-dealkylation sites (tertiary alicyclic amines) is 1. The number of methoxy groups -OCH3 is 1. The zero-order chi connectivity index (χ0) is 20.4. The van der Waals surface area contributed by atoms with E-state index in [0.29, 0.717) is 29.7 Å². The highest BCUT2D eigenvalue weighted by Crippen LogP contribution is 2.33. The van der Waals surface area contributed by atoms with Crippen LogP contribution in [0.1, 0.15) is 24.0 Å². The summed E-state index contributed by atoms with van der Waals surface area (Å²) in [6, 6.07) is 11.6. The molecule has 0 spiro atoms. The van der Waals surface area contributed by atoms with Crippen LogP contribution in [0.2, 0.25) is 5.02 Å². The van der Waals surface area contributed by atoms with Crippen molar-refractivity contribution in [1.29, 1.82) is 0 Å². The van der Waals surface area contributed by atoms with Gasteiger partial charge >= 0.3 is 0 Å². The summed E-state index contributed by atoms with van der Waals surface area (Å²) in [6.07, 6.45) is 2.09. The second-order valence-electron chi connectivity index (χ2n) is 7.25. The predicted octanol–water partition coefficient (Wildman–Crippen LogP) is 4.88. The first-order valence-corrected chi connectivity index (χ1v) is 10.9. The number of hydrogen-bond acceptors (Lipinski definition) is 5. The lowest BCUT2D eigenvalue weighted by Gasteiger charge is -2.31. The maximum absolute atomic E-state index is 12.7. The molecule has 0 unspecified atom stereocenters. The first-order chi connectivity index (χ1) is 14.0. The lowest BCUT2D eigenvalue weighted by Crippen LogP contribution is -2.42. The zero-order valence-electron chi connectivity index (χ0n) is 16.5. The molecule has 2 heterocycles. The SMILES string of the molecule is COc1ccc(CC(=O)N2CCC(Oc3nc4c(Cl)cccc4s3)CC2)cc1C. The van der Waals surface area contributed by atoms with Crippen molar-refractivity contribution in [2.45, 2.75) is 32.3 Å². The van der Waals surface area contributed by atoms with Crippen LogP contribution in [0.4, 0.5) is 0 Å². The van der Waals surface area contributed by atoms with Gasteiger partial charge in [0.15, 0.2) is 0 Å². The molecule has 0 bridgehead atoms. The van der Waals surface area contributed by atoms with Crippen molar-refractivity contribution < 1.29 is 14.3 Å². The molecule has 7 heteroatoms. The summed E-state index contributed by atoms with van der Waals surface area (Å²) >= 11 is 7.71. The van der Waals surface area contributed by atoms with E-state index < -0.39 is 0 Å². The van der Waals surface area contributed by atoms with E-state index in [4.69, 9.17) is 21.1 Å². The third-order valence-corrected chi connectivity index (χ3v) is 6.44. The Balaban J connectivity index is 1.32. The molecular weight excluding hydrogens is 408 g/mol. The molecule has 1 amide bonds. The predicted molar refractivity (Wildman–Crippen MR) is 116 cm³/mol. The summed E-state index contributed by atoms with van der Waals surface area (Å²) in [5, 5.41) is 1.29. The highest BCUT2D eigenvalue weighted by atomic mass is 35.5. The standard InChI is InChI=1S/C22H23ClN2O3S/c1-14-12-15(6-7-18(14)27-2)13-20(26)25-10-8-16(9-11-25)28-22-24-21-17(23)4-3-5-19(21)29-22/h3-7,12,16H,8-11,13H2,1-2H3. The number of carbonyl (C=O) groups excluding carboxylic acids is 1. The van der Waals surface area contributed by atoms with Gasteiger partial charge in [0, 0.05) is 25.9 Å². The first-order valence-electron chi connectivity index (χ1n) is 9.66. The molecule has 1 aliphatic rings. The van der Waals surface area contributed by atoms with Gasteiger partial charge in [-0.05, 0) is 36.2 Å². The Bertz CT molecular complexity index is 1030.